The summed E-state index contributed by atoms with van der Waals surface area (Å²) < 4.78 is 1.05. The van der Waals surface area contributed by atoms with Crippen LogP contribution in [0.25, 0.3) is 20.5 Å². The van der Waals surface area contributed by atoms with Crippen LogP contribution in [0.15, 0.2) is 66.7 Å². The van der Waals surface area contributed by atoms with Crippen molar-refractivity contribution in [2.24, 2.45) is 0 Å². The number of aryl methyl sites for hydroxylation is 1. The molecule has 0 amide bonds. The van der Waals surface area contributed by atoms with Crippen LogP contribution < -0.4 is 0 Å². The first-order valence-electron chi connectivity index (χ1n) is 8.19. The van der Waals surface area contributed by atoms with Gasteiger partial charge in [0.25, 0.3) is 0 Å². The first-order valence-corrected chi connectivity index (χ1v) is 9.01. The van der Waals surface area contributed by atoms with E-state index in [1.54, 1.807) is 35.6 Å². The minimum Gasteiger partial charge on any atom is -0.508 e. The van der Waals surface area contributed by atoms with Gasteiger partial charge < -0.3 is 10.2 Å². The number of benzene rings is 3. The molecule has 0 bridgehead atoms. The zero-order valence-corrected chi connectivity index (χ0v) is 14.9. The van der Waals surface area contributed by atoms with Gasteiger partial charge in [-0.3, -0.25) is 4.79 Å². The van der Waals surface area contributed by atoms with Crippen LogP contribution in [0, 0.1) is 6.92 Å². The average Bonchev–Trinajstić information content (AvgIpc) is 3.00. The van der Waals surface area contributed by atoms with E-state index < -0.39 is 0 Å². The number of carbonyl (C=O) groups is 1. The summed E-state index contributed by atoms with van der Waals surface area (Å²) in [6, 6.07) is 19.3. The maximum atomic E-state index is 13.3. The first kappa shape index (κ1) is 16.4. The molecular formula is C22H16O3S. The Morgan fingerprint density at radius 1 is 0.846 bits per heavy atom. The molecule has 4 heteroatoms. The van der Waals surface area contributed by atoms with Crippen molar-refractivity contribution in [3.05, 3.63) is 83.4 Å². The van der Waals surface area contributed by atoms with E-state index in [1.807, 2.05) is 31.2 Å². The van der Waals surface area contributed by atoms with Crippen LogP contribution in [-0.2, 0) is 0 Å². The molecule has 0 fully saturated rings. The fraction of sp³-hybridized carbons (Fsp3) is 0.0455. The standard InChI is InChI=1S/C22H16O3S/c1-13-2-11-18-19(12-13)26-22(15-5-9-17(24)10-6-15)20(18)21(25)14-3-7-16(23)8-4-14/h2-12,23-24H,1H3. The Hall–Kier alpha value is -3.11. The maximum Gasteiger partial charge on any atom is 0.195 e. The molecule has 0 saturated carbocycles. The predicted octanol–water partition coefficient (Wildman–Crippen LogP) is 5.52. The van der Waals surface area contributed by atoms with Crippen molar-refractivity contribution in [1.29, 1.82) is 0 Å². The number of rotatable bonds is 3. The lowest BCUT2D eigenvalue weighted by Crippen LogP contribution is -2.01. The quantitative estimate of drug-likeness (QED) is 0.473. The first-order chi connectivity index (χ1) is 12.5. The number of carbonyl (C=O) groups excluding carboxylic acids is 1. The fourth-order valence-electron chi connectivity index (χ4n) is 3.00. The van der Waals surface area contributed by atoms with Gasteiger partial charge in [0.05, 0.1) is 0 Å². The van der Waals surface area contributed by atoms with Crippen molar-refractivity contribution in [2.75, 3.05) is 0 Å². The van der Waals surface area contributed by atoms with Crippen LogP contribution in [0.5, 0.6) is 11.5 Å². The van der Waals surface area contributed by atoms with Gasteiger partial charge in [-0.25, -0.2) is 0 Å². The highest BCUT2D eigenvalue weighted by Gasteiger charge is 2.21. The second-order valence-corrected chi connectivity index (χ2v) is 7.28. The van der Waals surface area contributed by atoms with Gasteiger partial charge in [0.2, 0.25) is 0 Å². The number of hydrogen-bond donors (Lipinski definition) is 2. The molecule has 26 heavy (non-hydrogen) atoms. The van der Waals surface area contributed by atoms with Gasteiger partial charge >= 0.3 is 0 Å². The maximum absolute atomic E-state index is 13.3. The largest absolute Gasteiger partial charge is 0.508 e. The molecule has 0 radical (unpaired) electrons. The second-order valence-electron chi connectivity index (χ2n) is 6.23. The van der Waals surface area contributed by atoms with E-state index >= 15 is 0 Å². The third kappa shape index (κ3) is 2.85. The summed E-state index contributed by atoms with van der Waals surface area (Å²) in [6.07, 6.45) is 0. The molecule has 0 aliphatic rings. The molecule has 1 heterocycles. The molecule has 1 aromatic heterocycles. The number of ketones is 1. The lowest BCUT2D eigenvalue weighted by atomic mass is 9.97. The SMILES string of the molecule is Cc1ccc2c(C(=O)c3ccc(O)cc3)c(-c3ccc(O)cc3)sc2c1. The molecule has 2 N–H and O–H groups in total. The third-order valence-corrected chi connectivity index (χ3v) is 5.53. The monoisotopic (exact) mass is 360 g/mol. The van der Waals surface area contributed by atoms with E-state index in [2.05, 4.69) is 6.07 Å². The molecule has 128 valence electrons. The highest BCUT2D eigenvalue weighted by molar-refractivity contribution is 7.22. The summed E-state index contributed by atoms with van der Waals surface area (Å²) in [5.41, 5.74) is 3.22. The number of phenols is 2. The highest BCUT2D eigenvalue weighted by Crippen LogP contribution is 2.40. The second kappa shape index (κ2) is 6.32. The van der Waals surface area contributed by atoms with Crippen molar-refractivity contribution in [2.45, 2.75) is 6.92 Å². The average molecular weight is 360 g/mol. The number of phenolic OH excluding ortho intramolecular Hbond substituents is 2. The number of aromatic hydroxyl groups is 2. The predicted molar refractivity (Wildman–Crippen MR) is 105 cm³/mol. The lowest BCUT2D eigenvalue weighted by molar-refractivity contribution is 0.104. The van der Waals surface area contributed by atoms with Gasteiger partial charge in [-0.1, -0.05) is 12.1 Å². The fourth-order valence-corrected chi connectivity index (χ4v) is 4.31. The summed E-state index contributed by atoms with van der Waals surface area (Å²) in [5, 5.41) is 20.0. The van der Waals surface area contributed by atoms with E-state index in [9.17, 15) is 15.0 Å². The van der Waals surface area contributed by atoms with Gasteiger partial charge in [0, 0.05) is 26.1 Å². The third-order valence-electron chi connectivity index (χ3n) is 4.33. The summed E-state index contributed by atoms with van der Waals surface area (Å²) in [5.74, 6) is 0.242. The minimum atomic E-state index is -0.0804. The van der Waals surface area contributed by atoms with Crippen molar-refractivity contribution in [3.63, 3.8) is 0 Å². The van der Waals surface area contributed by atoms with E-state index in [4.69, 9.17) is 0 Å². The Bertz CT molecular complexity index is 1110. The highest BCUT2D eigenvalue weighted by atomic mass is 32.1. The Morgan fingerprint density at radius 3 is 2.12 bits per heavy atom. The van der Waals surface area contributed by atoms with Crippen LogP contribution in [0.1, 0.15) is 21.5 Å². The molecule has 3 aromatic carbocycles. The Labute approximate surface area is 154 Å². The van der Waals surface area contributed by atoms with Crippen molar-refractivity contribution >= 4 is 27.2 Å². The van der Waals surface area contributed by atoms with Crippen LogP contribution in [-0.4, -0.2) is 16.0 Å². The molecule has 0 aliphatic heterocycles. The molecule has 0 aliphatic carbocycles. The topological polar surface area (TPSA) is 57.5 Å². The van der Waals surface area contributed by atoms with Crippen molar-refractivity contribution in [3.8, 4) is 21.9 Å². The molecule has 0 atom stereocenters. The minimum absolute atomic E-state index is 0.0804. The van der Waals surface area contributed by atoms with Gasteiger partial charge in [-0.15, -0.1) is 11.3 Å². The molecule has 0 saturated heterocycles. The van der Waals surface area contributed by atoms with Crippen LogP contribution >= 0.6 is 11.3 Å². The molecule has 3 nitrogen and oxygen atoms in total. The van der Waals surface area contributed by atoms with E-state index in [0.717, 1.165) is 26.1 Å². The van der Waals surface area contributed by atoms with Gasteiger partial charge in [0.15, 0.2) is 5.78 Å². The van der Waals surface area contributed by atoms with Crippen molar-refractivity contribution < 1.29 is 15.0 Å². The molecular weight excluding hydrogens is 344 g/mol. The van der Waals surface area contributed by atoms with Gasteiger partial charge in [0.1, 0.15) is 11.5 Å². The summed E-state index contributed by atoms with van der Waals surface area (Å²) in [4.78, 5) is 14.1. The Balaban J connectivity index is 1.96. The number of fused-ring (bicyclic) bond motifs is 1. The number of thiophene rings is 1. The van der Waals surface area contributed by atoms with E-state index in [0.29, 0.717) is 11.1 Å². The number of hydrogen-bond acceptors (Lipinski definition) is 4. The van der Waals surface area contributed by atoms with Crippen LogP contribution in [0.2, 0.25) is 0 Å². The zero-order valence-electron chi connectivity index (χ0n) is 14.1. The van der Waals surface area contributed by atoms with Crippen LogP contribution in [0.3, 0.4) is 0 Å². The smallest absolute Gasteiger partial charge is 0.195 e. The normalized spacial score (nSPS) is 11.0. The van der Waals surface area contributed by atoms with Crippen LogP contribution in [0.4, 0.5) is 0 Å². The summed E-state index contributed by atoms with van der Waals surface area (Å²) in [6.45, 7) is 2.03. The zero-order chi connectivity index (χ0) is 18.3. The summed E-state index contributed by atoms with van der Waals surface area (Å²) >= 11 is 1.57. The Morgan fingerprint density at radius 2 is 1.46 bits per heavy atom. The lowest BCUT2D eigenvalue weighted by Gasteiger charge is -2.06. The van der Waals surface area contributed by atoms with Gasteiger partial charge in [-0.2, -0.15) is 0 Å². The molecule has 4 aromatic rings. The van der Waals surface area contributed by atoms with E-state index in [-0.39, 0.29) is 17.3 Å². The summed E-state index contributed by atoms with van der Waals surface area (Å²) in [7, 11) is 0. The Kier molecular flexibility index (Phi) is 3.98. The van der Waals surface area contributed by atoms with Crippen molar-refractivity contribution in [1.82, 2.24) is 0 Å². The molecule has 4 rings (SSSR count). The molecule has 0 spiro atoms. The van der Waals surface area contributed by atoms with E-state index in [1.165, 1.54) is 12.1 Å². The molecule has 0 unspecified atom stereocenters. The van der Waals surface area contributed by atoms with Gasteiger partial charge in [-0.05, 0) is 72.6 Å².